The van der Waals surface area contributed by atoms with E-state index in [-0.39, 0.29) is 11.0 Å². The predicted octanol–water partition coefficient (Wildman–Crippen LogP) is 3.30. The molecule has 0 unspecified atom stereocenters. The van der Waals surface area contributed by atoms with E-state index in [1.165, 1.54) is 5.56 Å². The Hall–Kier alpha value is -1.09. The van der Waals surface area contributed by atoms with Crippen molar-refractivity contribution in [2.45, 2.75) is 52.5 Å². The van der Waals surface area contributed by atoms with Crippen LogP contribution >= 0.6 is 0 Å². The minimum atomic E-state index is 0.185. The fourth-order valence-corrected chi connectivity index (χ4v) is 2.66. The van der Waals surface area contributed by atoms with Crippen LogP contribution in [0.4, 0.5) is 5.82 Å². The van der Waals surface area contributed by atoms with E-state index >= 15 is 0 Å². The average molecular weight is 275 g/mol. The van der Waals surface area contributed by atoms with E-state index in [0.717, 1.165) is 32.0 Å². The van der Waals surface area contributed by atoms with Crippen molar-refractivity contribution < 1.29 is 0 Å². The van der Waals surface area contributed by atoms with Gasteiger partial charge in [-0.2, -0.15) is 0 Å². The number of aromatic nitrogens is 1. The van der Waals surface area contributed by atoms with E-state index in [2.05, 4.69) is 68.5 Å². The fourth-order valence-electron chi connectivity index (χ4n) is 2.66. The van der Waals surface area contributed by atoms with Gasteiger partial charge in [-0.1, -0.05) is 20.8 Å². The van der Waals surface area contributed by atoms with E-state index in [1.54, 1.807) is 0 Å². The minimum Gasteiger partial charge on any atom is -0.354 e. The van der Waals surface area contributed by atoms with Crippen LogP contribution in [-0.2, 0) is 5.41 Å². The normalized spacial score (nSPS) is 18.4. The molecule has 0 bridgehead atoms. The third kappa shape index (κ3) is 3.51. The standard InChI is InChI=1S/C17H29N3/c1-16(2,3)14-7-8-18-15(13-14)19-9-11-20(12-10-19)17(4,5)6/h7-8,13H,9-12H2,1-6H3. The van der Waals surface area contributed by atoms with Crippen molar-refractivity contribution in [2.24, 2.45) is 0 Å². The lowest BCUT2D eigenvalue weighted by Gasteiger charge is -2.42. The summed E-state index contributed by atoms with van der Waals surface area (Å²) in [5, 5.41) is 0. The molecular weight excluding hydrogens is 246 g/mol. The summed E-state index contributed by atoms with van der Waals surface area (Å²) in [6, 6.07) is 4.39. The van der Waals surface area contributed by atoms with Crippen LogP contribution < -0.4 is 4.90 Å². The molecule has 1 aliphatic rings. The molecule has 0 N–H and O–H groups in total. The van der Waals surface area contributed by atoms with Gasteiger partial charge in [0, 0.05) is 37.9 Å². The molecule has 2 heterocycles. The van der Waals surface area contributed by atoms with Gasteiger partial charge in [-0.05, 0) is 43.9 Å². The first kappa shape index (κ1) is 15.3. The summed E-state index contributed by atoms with van der Waals surface area (Å²) < 4.78 is 0. The van der Waals surface area contributed by atoms with E-state index in [9.17, 15) is 0 Å². The van der Waals surface area contributed by atoms with Crippen molar-refractivity contribution >= 4 is 5.82 Å². The number of hydrogen-bond donors (Lipinski definition) is 0. The fraction of sp³-hybridized carbons (Fsp3) is 0.706. The van der Waals surface area contributed by atoms with Crippen molar-refractivity contribution in [3.63, 3.8) is 0 Å². The first-order valence-corrected chi connectivity index (χ1v) is 7.64. The molecule has 1 saturated heterocycles. The maximum atomic E-state index is 4.57. The summed E-state index contributed by atoms with van der Waals surface area (Å²) in [6.45, 7) is 18.0. The van der Waals surface area contributed by atoms with Gasteiger partial charge in [0.25, 0.3) is 0 Å². The molecule has 0 saturated carbocycles. The lowest BCUT2D eigenvalue weighted by Crippen LogP contribution is -2.53. The van der Waals surface area contributed by atoms with Gasteiger partial charge >= 0.3 is 0 Å². The molecule has 112 valence electrons. The van der Waals surface area contributed by atoms with Gasteiger partial charge < -0.3 is 4.90 Å². The van der Waals surface area contributed by atoms with Crippen LogP contribution in [0.5, 0.6) is 0 Å². The lowest BCUT2D eigenvalue weighted by molar-refractivity contribution is 0.128. The number of piperazine rings is 1. The highest BCUT2D eigenvalue weighted by atomic mass is 15.3. The quantitative estimate of drug-likeness (QED) is 0.784. The second-order valence-corrected chi connectivity index (χ2v) is 7.80. The molecule has 0 atom stereocenters. The van der Waals surface area contributed by atoms with Gasteiger partial charge in [0.05, 0.1) is 0 Å². The van der Waals surface area contributed by atoms with Crippen molar-refractivity contribution in [1.29, 1.82) is 0 Å². The molecular formula is C17H29N3. The summed E-state index contributed by atoms with van der Waals surface area (Å²) in [7, 11) is 0. The second kappa shape index (κ2) is 5.36. The molecule has 1 aromatic rings. The van der Waals surface area contributed by atoms with Gasteiger partial charge in [0.2, 0.25) is 0 Å². The molecule has 3 heteroatoms. The van der Waals surface area contributed by atoms with Crippen LogP contribution in [0.25, 0.3) is 0 Å². The monoisotopic (exact) mass is 275 g/mol. The number of hydrogen-bond acceptors (Lipinski definition) is 3. The van der Waals surface area contributed by atoms with E-state index in [1.807, 2.05) is 6.20 Å². The van der Waals surface area contributed by atoms with E-state index in [0.29, 0.717) is 0 Å². The Bertz CT molecular complexity index is 446. The summed E-state index contributed by atoms with van der Waals surface area (Å²) >= 11 is 0. The van der Waals surface area contributed by atoms with E-state index < -0.39 is 0 Å². The van der Waals surface area contributed by atoms with Gasteiger partial charge in [-0.25, -0.2) is 4.98 Å². The molecule has 2 rings (SSSR count). The van der Waals surface area contributed by atoms with Crippen LogP contribution in [0.3, 0.4) is 0 Å². The largest absolute Gasteiger partial charge is 0.354 e. The smallest absolute Gasteiger partial charge is 0.128 e. The van der Waals surface area contributed by atoms with Crippen LogP contribution in [-0.4, -0.2) is 41.6 Å². The number of anilines is 1. The molecule has 1 aromatic heterocycles. The van der Waals surface area contributed by atoms with Crippen LogP contribution in [0, 0.1) is 0 Å². The molecule has 1 fully saturated rings. The van der Waals surface area contributed by atoms with Gasteiger partial charge in [0.15, 0.2) is 0 Å². The van der Waals surface area contributed by atoms with Crippen molar-refractivity contribution in [3.05, 3.63) is 23.9 Å². The SMILES string of the molecule is CC(C)(C)c1ccnc(N2CCN(C(C)(C)C)CC2)c1. The van der Waals surface area contributed by atoms with Crippen molar-refractivity contribution in [1.82, 2.24) is 9.88 Å². The zero-order valence-corrected chi connectivity index (χ0v) is 13.9. The highest BCUT2D eigenvalue weighted by molar-refractivity contribution is 5.43. The highest BCUT2D eigenvalue weighted by Crippen LogP contribution is 2.26. The Labute approximate surface area is 124 Å². The van der Waals surface area contributed by atoms with Crippen LogP contribution in [0.1, 0.15) is 47.1 Å². The van der Waals surface area contributed by atoms with E-state index in [4.69, 9.17) is 0 Å². The Morgan fingerprint density at radius 3 is 2.05 bits per heavy atom. The molecule has 20 heavy (non-hydrogen) atoms. The number of rotatable bonds is 1. The molecule has 0 aromatic carbocycles. The number of pyridine rings is 1. The highest BCUT2D eigenvalue weighted by Gasteiger charge is 2.26. The zero-order chi connectivity index (χ0) is 15.0. The topological polar surface area (TPSA) is 19.4 Å². The summed E-state index contributed by atoms with van der Waals surface area (Å²) in [6.07, 6.45) is 1.95. The molecule has 3 nitrogen and oxygen atoms in total. The van der Waals surface area contributed by atoms with Crippen LogP contribution in [0.2, 0.25) is 0 Å². The second-order valence-electron chi connectivity index (χ2n) is 7.80. The summed E-state index contributed by atoms with van der Waals surface area (Å²) in [4.78, 5) is 9.54. The maximum absolute atomic E-state index is 4.57. The Morgan fingerprint density at radius 2 is 1.55 bits per heavy atom. The predicted molar refractivity (Wildman–Crippen MR) is 86.5 cm³/mol. The minimum absolute atomic E-state index is 0.185. The van der Waals surface area contributed by atoms with Gasteiger partial charge in [-0.15, -0.1) is 0 Å². The third-order valence-corrected chi connectivity index (χ3v) is 4.16. The Morgan fingerprint density at radius 1 is 0.950 bits per heavy atom. The van der Waals surface area contributed by atoms with Gasteiger partial charge in [-0.3, -0.25) is 4.90 Å². The first-order chi connectivity index (χ1) is 9.18. The van der Waals surface area contributed by atoms with Gasteiger partial charge in [0.1, 0.15) is 5.82 Å². The average Bonchev–Trinajstić information content (AvgIpc) is 2.37. The lowest BCUT2D eigenvalue weighted by atomic mass is 9.88. The van der Waals surface area contributed by atoms with Crippen molar-refractivity contribution in [2.75, 3.05) is 31.1 Å². The molecule has 0 radical (unpaired) electrons. The van der Waals surface area contributed by atoms with Crippen molar-refractivity contribution in [3.8, 4) is 0 Å². The Balaban J connectivity index is 2.08. The summed E-state index contributed by atoms with van der Waals surface area (Å²) in [5.74, 6) is 1.13. The maximum Gasteiger partial charge on any atom is 0.128 e. The zero-order valence-electron chi connectivity index (χ0n) is 13.9. The molecule has 0 spiro atoms. The molecule has 1 aliphatic heterocycles. The first-order valence-electron chi connectivity index (χ1n) is 7.64. The third-order valence-electron chi connectivity index (χ3n) is 4.16. The summed E-state index contributed by atoms with van der Waals surface area (Å²) in [5.41, 5.74) is 1.82. The molecule has 0 amide bonds. The number of nitrogens with zero attached hydrogens (tertiary/aromatic N) is 3. The Kier molecular flexibility index (Phi) is 4.10. The molecule has 0 aliphatic carbocycles. The van der Waals surface area contributed by atoms with Crippen LogP contribution in [0.15, 0.2) is 18.3 Å².